The average molecular weight is 837 g/mol. The third-order valence-electron chi connectivity index (χ3n) is 5.98. The van der Waals surface area contributed by atoms with Gasteiger partial charge in [0.1, 0.15) is 18.1 Å². The quantitative estimate of drug-likeness (QED) is 0.131. The second-order valence-corrected chi connectivity index (χ2v) is 13.1. The summed E-state index contributed by atoms with van der Waals surface area (Å²) in [4.78, 5) is 20.8. The molecule has 1 heterocycles. The van der Waals surface area contributed by atoms with E-state index in [9.17, 15) is 4.79 Å². The SMILES string of the molecule is COc1ccc(CN2C(=O)/C(=C/c3cc(I)c(OCc4ccc(Br)cc4)c(I)c3)SC2=Nc2ccccc2)cc1. The monoisotopic (exact) mass is 836 g/mol. The van der Waals surface area contributed by atoms with Crippen LogP contribution in [-0.2, 0) is 17.9 Å². The molecule has 0 N–H and O–H groups in total. The number of carbonyl (C=O) groups excluding carboxylic acids is 1. The molecule has 0 spiro atoms. The van der Waals surface area contributed by atoms with Crippen LogP contribution in [0.4, 0.5) is 5.69 Å². The third kappa shape index (κ3) is 7.29. The van der Waals surface area contributed by atoms with E-state index in [0.717, 1.165) is 45.5 Å². The number of aliphatic imine (C=N–C) groups is 1. The van der Waals surface area contributed by atoms with Crippen molar-refractivity contribution in [3.8, 4) is 11.5 Å². The van der Waals surface area contributed by atoms with E-state index >= 15 is 0 Å². The minimum absolute atomic E-state index is 0.0731. The minimum atomic E-state index is -0.0731. The van der Waals surface area contributed by atoms with Gasteiger partial charge >= 0.3 is 0 Å². The Labute approximate surface area is 273 Å². The molecule has 1 saturated heterocycles. The van der Waals surface area contributed by atoms with E-state index < -0.39 is 0 Å². The highest BCUT2D eigenvalue weighted by atomic mass is 127. The van der Waals surface area contributed by atoms with Crippen molar-refractivity contribution in [2.75, 3.05) is 7.11 Å². The Morgan fingerprint density at radius 2 is 1.57 bits per heavy atom. The van der Waals surface area contributed by atoms with Gasteiger partial charge in [0.25, 0.3) is 5.91 Å². The van der Waals surface area contributed by atoms with Gasteiger partial charge in [0, 0.05) is 4.47 Å². The summed E-state index contributed by atoms with van der Waals surface area (Å²) in [5.41, 5.74) is 3.82. The molecule has 1 fully saturated rings. The number of rotatable bonds is 8. The van der Waals surface area contributed by atoms with Crippen molar-refractivity contribution in [1.82, 2.24) is 4.90 Å². The highest BCUT2D eigenvalue weighted by molar-refractivity contribution is 14.1. The number of amidine groups is 1. The number of ether oxygens (including phenoxy) is 2. The molecule has 0 aromatic heterocycles. The molecular weight excluding hydrogens is 814 g/mol. The number of halogens is 3. The van der Waals surface area contributed by atoms with Crippen LogP contribution in [0.2, 0.25) is 0 Å². The summed E-state index contributed by atoms with van der Waals surface area (Å²) in [5, 5.41) is 0.650. The fraction of sp³-hybridized carbons (Fsp3) is 0.0968. The lowest BCUT2D eigenvalue weighted by atomic mass is 10.2. The molecule has 0 aliphatic carbocycles. The molecule has 5 nitrogen and oxygen atoms in total. The molecular formula is C31H23BrI2N2O3S. The maximum atomic E-state index is 13.7. The van der Waals surface area contributed by atoms with Gasteiger partial charge < -0.3 is 9.47 Å². The third-order valence-corrected chi connectivity index (χ3v) is 9.12. The van der Waals surface area contributed by atoms with Gasteiger partial charge in [0.05, 0.1) is 31.4 Å². The van der Waals surface area contributed by atoms with Crippen LogP contribution in [-0.4, -0.2) is 23.1 Å². The van der Waals surface area contributed by atoms with Crippen molar-refractivity contribution in [3.05, 3.63) is 124 Å². The predicted octanol–water partition coefficient (Wildman–Crippen LogP) is 9.05. The van der Waals surface area contributed by atoms with Crippen LogP contribution >= 0.6 is 72.9 Å². The number of carbonyl (C=O) groups is 1. The lowest BCUT2D eigenvalue weighted by Gasteiger charge is -2.16. The maximum absolute atomic E-state index is 13.7. The summed E-state index contributed by atoms with van der Waals surface area (Å²) < 4.78 is 14.5. The predicted molar refractivity (Wildman–Crippen MR) is 183 cm³/mol. The van der Waals surface area contributed by atoms with Gasteiger partial charge in [-0.25, -0.2) is 4.99 Å². The molecule has 0 atom stereocenters. The lowest BCUT2D eigenvalue weighted by Crippen LogP contribution is -2.28. The Morgan fingerprint density at radius 3 is 2.23 bits per heavy atom. The van der Waals surface area contributed by atoms with E-state index in [0.29, 0.717) is 23.2 Å². The van der Waals surface area contributed by atoms with Crippen LogP contribution in [0.1, 0.15) is 16.7 Å². The minimum Gasteiger partial charge on any atom is -0.497 e. The molecule has 0 bridgehead atoms. The van der Waals surface area contributed by atoms with Gasteiger partial charge in [0.2, 0.25) is 0 Å². The Hall–Kier alpha value is -2.35. The van der Waals surface area contributed by atoms with Crippen LogP contribution in [0.15, 0.2) is 105 Å². The second kappa shape index (κ2) is 13.5. The van der Waals surface area contributed by atoms with E-state index in [4.69, 9.17) is 14.5 Å². The highest BCUT2D eigenvalue weighted by Gasteiger charge is 2.33. The molecule has 4 aromatic carbocycles. The first-order valence-corrected chi connectivity index (χ1v) is 16.0. The van der Waals surface area contributed by atoms with Crippen LogP contribution in [0.3, 0.4) is 0 Å². The smallest absolute Gasteiger partial charge is 0.267 e. The van der Waals surface area contributed by atoms with Crippen LogP contribution in [0.5, 0.6) is 11.5 Å². The largest absolute Gasteiger partial charge is 0.497 e. The average Bonchev–Trinajstić information content (AvgIpc) is 3.23. The standard InChI is InChI=1S/C31H23BrI2N2O3S/c1-38-25-13-9-20(10-14-25)18-36-30(37)28(40-31(36)35-24-5-3-2-4-6-24)17-22-15-26(33)29(27(34)16-22)39-19-21-7-11-23(32)12-8-21/h2-17H,18-19H2,1H3/b28-17-,35-31?. The summed E-state index contributed by atoms with van der Waals surface area (Å²) in [5.74, 6) is 1.54. The zero-order valence-electron chi connectivity index (χ0n) is 21.3. The van der Waals surface area contributed by atoms with Crippen LogP contribution < -0.4 is 9.47 Å². The van der Waals surface area contributed by atoms with Crippen molar-refractivity contribution < 1.29 is 14.3 Å². The molecule has 0 radical (unpaired) electrons. The fourth-order valence-corrected chi connectivity index (χ4v) is 7.34. The van der Waals surface area contributed by atoms with Crippen molar-refractivity contribution in [2.45, 2.75) is 13.2 Å². The van der Waals surface area contributed by atoms with E-state index in [1.165, 1.54) is 11.8 Å². The molecule has 1 aliphatic rings. The van der Waals surface area contributed by atoms with E-state index in [1.54, 1.807) is 12.0 Å². The van der Waals surface area contributed by atoms with Gasteiger partial charge in [0.15, 0.2) is 5.17 Å². The molecule has 4 aromatic rings. The first-order chi connectivity index (χ1) is 19.4. The summed E-state index contributed by atoms with van der Waals surface area (Å²) in [7, 11) is 1.64. The first kappa shape index (κ1) is 29.2. The number of hydrogen-bond donors (Lipinski definition) is 0. The zero-order valence-corrected chi connectivity index (χ0v) is 28.0. The van der Waals surface area contributed by atoms with Crippen LogP contribution in [0, 0.1) is 7.14 Å². The van der Waals surface area contributed by atoms with Crippen molar-refractivity contribution >= 4 is 95.7 Å². The number of hydrogen-bond acceptors (Lipinski definition) is 5. The molecule has 0 unspecified atom stereocenters. The number of nitrogens with zero attached hydrogens (tertiary/aromatic N) is 2. The molecule has 9 heteroatoms. The zero-order chi connectivity index (χ0) is 28.1. The van der Waals surface area contributed by atoms with E-state index in [1.807, 2.05) is 97.1 Å². The summed E-state index contributed by atoms with van der Waals surface area (Å²) in [6.07, 6.45) is 1.93. The van der Waals surface area contributed by atoms with Crippen molar-refractivity contribution in [3.63, 3.8) is 0 Å². The van der Waals surface area contributed by atoms with Gasteiger partial charge in [-0.3, -0.25) is 9.69 Å². The Morgan fingerprint density at radius 1 is 0.925 bits per heavy atom. The fourth-order valence-electron chi connectivity index (χ4n) is 3.95. The topological polar surface area (TPSA) is 51.1 Å². The summed E-state index contributed by atoms with van der Waals surface area (Å²) in [6.45, 7) is 0.893. The van der Waals surface area contributed by atoms with Crippen molar-refractivity contribution in [2.24, 2.45) is 4.99 Å². The second-order valence-electron chi connectivity index (χ2n) is 8.81. The lowest BCUT2D eigenvalue weighted by molar-refractivity contribution is -0.122. The molecule has 40 heavy (non-hydrogen) atoms. The first-order valence-electron chi connectivity index (χ1n) is 12.2. The molecule has 1 aliphatic heterocycles. The number of para-hydroxylation sites is 1. The Kier molecular flexibility index (Phi) is 9.87. The molecule has 202 valence electrons. The molecule has 0 saturated carbocycles. The summed E-state index contributed by atoms with van der Waals surface area (Å²) in [6, 6.07) is 29.6. The van der Waals surface area contributed by atoms with Crippen LogP contribution in [0.25, 0.3) is 6.08 Å². The Balaban J connectivity index is 1.40. The number of benzene rings is 4. The van der Waals surface area contributed by atoms with Crippen molar-refractivity contribution in [1.29, 1.82) is 0 Å². The van der Waals surface area contributed by atoms with E-state index in [-0.39, 0.29) is 5.91 Å². The van der Waals surface area contributed by atoms with Gasteiger partial charge in [-0.1, -0.05) is 58.4 Å². The molecule has 1 amide bonds. The normalized spacial score (nSPS) is 15.2. The number of methoxy groups -OCH3 is 1. The molecule has 5 rings (SSSR count). The van der Waals surface area contributed by atoms with Gasteiger partial charge in [-0.05, 0) is 128 Å². The summed E-state index contributed by atoms with van der Waals surface area (Å²) >= 11 is 9.45. The number of thioether (sulfide) groups is 1. The van der Waals surface area contributed by atoms with E-state index in [2.05, 4.69) is 61.1 Å². The number of amides is 1. The van der Waals surface area contributed by atoms with Gasteiger partial charge in [-0.2, -0.15) is 0 Å². The Bertz CT molecular complexity index is 1550. The van der Waals surface area contributed by atoms with Gasteiger partial charge in [-0.15, -0.1) is 0 Å². The maximum Gasteiger partial charge on any atom is 0.267 e. The highest BCUT2D eigenvalue weighted by Crippen LogP contribution is 2.37.